The highest BCUT2D eigenvalue weighted by Crippen LogP contribution is 2.25. The van der Waals surface area contributed by atoms with Crippen molar-refractivity contribution in [3.8, 4) is 11.4 Å². The molecule has 6 nitrogen and oxygen atoms in total. The fraction of sp³-hybridized carbons (Fsp3) is 0.250. The molecular weight excluding hydrogens is 326 g/mol. The van der Waals surface area contributed by atoms with Crippen molar-refractivity contribution in [3.63, 3.8) is 0 Å². The quantitative estimate of drug-likeness (QED) is 0.761. The van der Waals surface area contributed by atoms with Gasteiger partial charge < -0.3 is 11.1 Å². The highest BCUT2D eigenvalue weighted by atomic mass is 16.2. The third-order valence-corrected chi connectivity index (χ3v) is 4.84. The van der Waals surface area contributed by atoms with E-state index < -0.39 is 0 Å². The van der Waals surface area contributed by atoms with Crippen LogP contribution in [0.5, 0.6) is 0 Å². The number of likely N-dealkylation sites (N-methyl/N-ethyl adjacent to an activating group) is 1. The highest BCUT2D eigenvalue weighted by molar-refractivity contribution is 5.95. The van der Waals surface area contributed by atoms with Crippen LogP contribution in [0.4, 0.5) is 11.5 Å². The number of aromatic nitrogens is 2. The number of para-hydroxylation sites is 1. The van der Waals surface area contributed by atoms with Crippen LogP contribution in [0.1, 0.15) is 12.8 Å². The zero-order valence-corrected chi connectivity index (χ0v) is 14.6. The fourth-order valence-corrected chi connectivity index (χ4v) is 3.43. The summed E-state index contributed by atoms with van der Waals surface area (Å²) in [6.45, 7) is 0.961. The van der Waals surface area contributed by atoms with E-state index in [-0.39, 0.29) is 11.9 Å². The van der Waals surface area contributed by atoms with Crippen LogP contribution in [0.3, 0.4) is 0 Å². The topological polar surface area (TPSA) is 84.1 Å². The van der Waals surface area contributed by atoms with Crippen molar-refractivity contribution >= 4 is 28.3 Å². The van der Waals surface area contributed by atoms with E-state index in [0.717, 1.165) is 41.5 Å². The average Bonchev–Trinajstić information content (AvgIpc) is 3.08. The van der Waals surface area contributed by atoms with Crippen molar-refractivity contribution in [1.82, 2.24) is 14.9 Å². The molecular formula is C20H21N5O. The molecule has 1 amide bonds. The number of nitrogens with two attached hydrogens (primary N) is 1. The van der Waals surface area contributed by atoms with Crippen molar-refractivity contribution in [1.29, 1.82) is 0 Å². The van der Waals surface area contributed by atoms with Gasteiger partial charge in [0.2, 0.25) is 5.91 Å². The Morgan fingerprint density at radius 3 is 2.85 bits per heavy atom. The largest absolute Gasteiger partial charge is 0.383 e. The zero-order chi connectivity index (χ0) is 18.1. The first kappa shape index (κ1) is 16.5. The summed E-state index contributed by atoms with van der Waals surface area (Å²) in [5, 5.41) is 3.85. The van der Waals surface area contributed by atoms with Crippen molar-refractivity contribution in [3.05, 3.63) is 48.5 Å². The van der Waals surface area contributed by atoms with Gasteiger partial charge >= 0.3 is 0 Å². The Kier molecular flexibility index (Phi) is 4.26. The van der Waals surface area contributed by atoms with Crippen molar-refractivity contribution in [2.24, 2.45) is 0 Å². The fourth-order valence-electron chi connectivity index (χ4n) is 3.43. The van der Waals surface area contributed by atoms with Gasteiger partial charge in [-0.2, -0.15) is 0 Å². The minimum absolute atomic E-state index is 0.0288. The molecule has 6 heteroatoms. The molecule has 0 saturated carbocycles. The molecule has 1 aliphatic heterocycles. The van der Waals surface area contributed by atoms with Gasteiger partial charge in [-0.05, 0) is 50.7 Å². The molecule has 1 saturated heterocycles. The Balaban J connectivity index is 1.62. The summed E-state index contributed by atoms with van der Waals surface area (Å²) in [5.74, 6) is 1.03. The average molecular weight is 347 g/mol. The Hall–Kier alpha value is -2.99. The van der Waals surface area contributed by atoms with E-state index in [1.807, 2.05) is 55.6 Å². The molecule has 3 aromatic rings. The first-order valence-corrected chi connectivity index (χ1v) is 8.75. The number of benzene rings is 2. The maximum Gasteiger partial charge on any atom is 0.241 e. The summed E-state index contributed by atoms with van der Waals surface area (Å²) in [6, 6.07) is 15.2. The summed E-state index contributed by atoms with van der Waals surface area (Å²) in [5.41, 5.74) is 8.45. The van der Waals surface area contributed by atoms with E-state index in [1.54, 1.807) is 0 Å². The van der Waals surface area contributed by atoms with Crippen LogP contribution in [0.2, 0.25) is 0 Å². The van der Waals surface area contributed by atoms with Gasteiger partial charge in [0.05, 0.1) is 11.6 Å². The number of amides is 1. The van der Waals surface area contributed by atoms with Crippen LogP contribution in [0.15, 0.2) is 48.5 Å². The van der Waals surface area contributed by atoms with Crippen LogP contribution in [0.25, 0.3) is 22.3 Å². The van der Waals surface area contributed by atoms with Gasteiger partial charge in [-0.1, -0.05) is 24.3 Å². The minimum atomic E-state index is -0.0637. The Labute approximate surface area is 152 Å². The highest BCUT2D eigenvalue weighted by Gasteiger charge is 2.27. The maximum atomic E-state index is 12.5. The first-order valence-electron chi connectivity index (χ1n) is 8.75. The minimum Gasteiger partial charge on any atom is -0.383 e. The second kappa shape index (κ2) is 6.72. The molecule has 1 aliphatic rings. The number of nitrogens with zero attached hydrogens (tertiary/aromatic N) is 3. The Bertz CT molecular complexity index is 971. The van der Waals surface area contributed by atoms with E-state index >= 15 is 0 Å². The molecule has 2 heterocycles. The molecule has 2 aromatic carbocycles. The third kappa shape index (κ3) is 3.11. The number of fused-ring (bicyclic) bond motifs is 1. The molecule has 26 heavy (non-hydrogen) atoms. The summed E-state index contributed by atoms with van der Waals surface area (Å²) in [4.78, 5) is 23.6. The van der Waals surface area contributed by atoms with Crippen LogP contribution in [-0.2, 0) is 4.79 Å². The molecule has 3 N–H and O–H groups in total. The number of hydrogen-bond donors (Lipinski definition) is 2. The van der Waals surface area contributed by atoms with E-state index in [0.29, 0.717) is 11.6 Å². The SMILES string of the molecule is CN1CCC[C@H]1C(=O)Nc1cccc(-c2nc(N)c3ccccc3n2)c1. The number of likely N-dealkylation sites (tertiary alicyclic amines) is 1. The molecule has 4 rings (SSSR count). The summed E-state index contributed by atoms with van der Waals surface area (Å²) in [6.07, 6.45) is 1.95. The monoisotopic (exact) mass is 347 g/mol. The first-order chi connectivity index (χ1) is 12.6. The second-order valence-corrected chi connectivity index (χ2v) is 6.66. The van der Waals surface area contributed by atoms with Gasteiger partial charge in [-0.25, -0.2) is 9.97 Å². The number of carbonyl (C=O) groups is 1. The number of rotatable bonds is 3. The number of nitrogens with one attached hydrogen (secondary N) is 1. The lowest BCUT2D eigenvalue weighted by Gasteiger charge is -2.18. The van der Waals surface area contributed by atoms with Gasteiger partial charge in [0, 0.05) is 16.6 Å². The molecule has 1 aromatic heterocycles. The second-order valence-electron chi connectivity index (χ2n) is 6.66. The predicted molar refractivity (Wildman–Crippen MR) is 104 cm³/mol. The van der Waals surface area contributed by atoms with Gasteiger partial charge in [0.15, 0.2) is 5.82 Å². The lowest BCUT2D eigenvalue weighted by atomic mass is 10.1. The molecule has 0 spiro atoms. The summed E-state index contributed by atoms with van der Waals surface area (Å²) < 4.78 is 0. The molecule has 0 radical (unpaired) electrons. The van der Waals surface area contributed by atoms with Crippen molar-refractivity contribution in [2.45, 2.75) is 18.9 Å². The predicted octanol–water partition coefficient (Wildman–Crippen LogP) is 2.91. The Morgan fingerprint density at radius 1 is 1.19 bits per heavy atom. The van der Waals surface area contributed by atoms with Gasteiger partial charge in [0.1, 0.15) is 5.82 Å². The van der Waals surface area contributed by atoms with E-state index in [2.05, 4.69) is 20.2 Å². The number of nitrogen functional groups attached to an aromatic ring is 1. The zero-order valence-electron chi connectivity index (χ0n) is 14.6. The van der Waals surface area contributed by atoms with Gasteiger partial charge in [-0.15, -0.1) is 0 Å². The van der Waals surface area contributed by atoms with E-state index in [1.165, 1.54) is 0 Å². The normalized spacial score (nSPS) is 17.5. The van der Waals surface area contributed by atoms with Gasteiger partial charge in [-0.3, -0.25) is 9.69 Å². The van der Waals surface area contributed by atoms with Crippen LogP contribution >= 0.6 is 0 Å². The molecule has 0 aliphatic carbocycles. The molecule has 0 unspecified atom stereocenters. The summed E-state index contributed by atoms with van der Waals surface area (Å²) in [7, 11) is 1.99. The number of anilines is 2. The Morgan fingerprint density at radius 2 is 2.04 bits per heavy atom. The smallest absolute Gasteiger partial charge is 0.241 e. The van der Waals surface area contributed by atoms with Crippen LogP contribution < -0.4 is 11.1 Å². The number of hydrogen-bond acceptors (Lipinski definition) is 5. The summed E-state index contributed by atoms with van der Waals surface area (Å²) >= 11 is 0. The van der Waals surface area contributed by atoms with Gasteiger partial charge in [0.25, 0.3) is 0 Å². The standard InChI is InChI=1S/C20H21N5O/c1-25-11-5-10-17(25)20(26)22-14-7-4-6-13(12-14)19-23-16-9-3-2-8-15(16)18(21)24-19/h2-4,6-9,12,17H,5,10-11H2,1H3,(H,22,26)(H2,21,23,24)/t17-/m0/s1. The van der Waals surface area contributed by atoms with E-state index in [9.17, 15) is 4.79 Å². The molecule has 132 valence electrons. The van der Waals surface area contributed by atoms with Crippen molar-refractivity contribution in [2.75, 3.05) is 24.6 Å². The van der Waals surface area contributed by atoms with E-state index in [4.69, 9.17) is 5.73 Å². The van der Waals surface area contributed by atoms with Crippen LogP contribution in [0, 0.1) is 0 Å². The van der Waals surface area contributed by atoms with Crippen LogP contribution in [-0.4, -0.2) is 40.4 Å². The lowest BCUT2D eigenvalue weighted by Crippen LogP contribution is -2.37. The molecule has 1 atom stereocenters. The van der Waals surface area contributed by atoms with Crippen molar-refractivity contribution < 1.29 is 4.79 Å². The molecule has 1 fully saturated rings. The lowest BCUT2D eigenvalue weighted by molar-refractivity contribution is -0.119. The third-order valence-electron chi connectivity index (χ3n) is 4.84. The molecule has 0 bridgehead atoms. The number of carbonyl (C=O) groups excluding carboxylic acids is 1. The maximum absolute atomic E-state index is 12.5.